The van der Waals surface area contributed by atoms with E-state index >= 15 is 0 Å². The summed E-state index contributed by atoms with van der Waals surface area (Å²) in [6.07, 6.45) is 0.423. The summed E-state index contributed by atoms with van der Waals surface area (Å²) in [5, 5.41) is 0. The van der Waals surface area contributed by atoms with E-state index in [-0.39, 0.29) is 29.1 Å². The van der Waals surface area contributed by atoms with Crippen LogP contribution in [0.1, 0.15) is 50.9 Å². The molecule has 0 unspecified atom stereocenters. The molecule has 0 atom stereocenters. The second-order valence-electron chi connectivity index (χ2n) is 9.63. The molecular formula is C25H30N2O6S. The highest BCUT2D eigenvalue weighted by Gasteiger charge is 2.47. The number of hydrogen-bond donors (Lipinski definition) is 0. The smallest absolute Gasteiger partial charge is 0.340 e. The number of benzene rings is 2. The SMILES string of the molecule is CN(c1ccccc1)S(=O)(=O)c1ccccc1C(=O)OCC(=O)N1C(C)(C)CC(=O)CC1(C)C. The molecule has 0 radical (unpaired) electrons. The van der Waals surface area contributed by atoms with Crippen LogP contribution in [0, 0.1) is 0 Å². The summed E-state index contributed by atoms with van der Waals surface area (Å²) in [5.74, 6) is -1.30. The third-order valence-electron chi connectivity index (χ3n) is 5.91. The topological polar surface area (TPSA) is 101 Å². The monoisotopic (exact) mass is 486 g/mol. The molecule has 3 rings (SSSR count). The van der Waals surface area contributed by atoms with Crippen LogP contribution in [-0.4, -0.2) is 55.7 Å². The number of nitrogens with zero attached hydrogens (tertiary/aromatic N) is 2. The quantitative estimate of drug-likeness (QED) is 0.580. The average molecular weight is 487 g/mol. The van der Waals surface area contributed by atoms with E-state index in [1.54, 1.807) is 62.9 Å². The molecular weight excluding hydrogens is 456 g/mol. The van der Waals surface area contributed by atoms with Crippen LogP contribution in [0.4, 0.5) is 5.69 Å². The summed E-state index contributed by atoms with van der Waals surface area (Å²) in [5.41, 5.74) is -1.19. The van der Waals surface area contributed by atoms with Crippen LogP contribution in [0.2, 0.25) is 0 Å². The molecule has 1 aliphatic heterocycles. The fourth-order valence-electron chi connectivity index (χ4n) is 4.73. The van der Waals surface area contributed by atoms with E-state index in [1.807, 2.05) is 0 Å². The number of rotatable bonds is 6. The Balaban J connectivity index is 1.82. The summed E-state index contributed by atoms with van der Waals surface area (Å²) >= 11 is 0. The highest BCUT2D eigenvalue weighted by molar-refractivity contribution is 7.92. The van der Waals surface area contributed by atoms with E-state index in [4.69, 9.17) is 4.74 Å². The molecule has 0 aliphatic carbocycles. The van der Waals surface area contributed by atoms with Gasteiger partial charge < -0.3 is 9.64 Å². The Kier molecular flexibility index (Phi) is 6.89. The Morgan fingerprint density at radius 2 is 1.47 bits per heavy atom. The zero-order chi connectivity index (χ0) is 25.3. The standard InChI is InChI=1S/C25H30N2O6S/c1-24(2)15-19(28)16-25(3,4)27(24)22(29)17-33-23(30)20-13-9-10-14-21(20)34(31,32)26(5)18-11-7-6-8-12-18/h6-14H,15-17H2,1-5H3. The van der Waals surface area contributed by atoms with E-state index in [9.17, 15) is 22.8 Å². The predicted octanol–water partition coefficient (Wildman–Crippen LogP) is 3.42. The molecule has 34 heavy (non-hydrogen) atoms. The summed E-state index contributed by atoms with van der Waals surface area (Å²) in [6.45, 7) is 6.63. The number of piperidine rings is 1. The lowest BCUT2D eigenvalue weighted by Crippen LogP contribution is -2.63. The van der Waals surface area contributed by atoms with Gasteiger partial charge in [-0.2, -0.15) is 0 Å². The number of carbonyl (C=O) groups excluding carboxylic acids is 3. The third-order valence-corrected chi connectivity index (χ3v) is 7.76. The first-order valence-electron chi connectivity index (χ1n) is 10.9. The minimum absolute atomic E-state index is 0.0673. The first-order chi connectivity index (χ1) is 15.8. The van der Waals surface area contributed by atoms with Gasteiger partial charge in [0.25, 0.3) is 15.9 Å². The summed E-state index contributed by atoms with van der Waals surface area (Å²) in [7, 11) is -2.67. The Labute approximate surface area is 200 Å². The van der Waals surface area contributed by atoms with Gasteiger partial charge in [0.05, 0.1) is 11.3 Å². The van der Waals surface area contributed by atoms with Crippen molar-refractivity contribution in [3.63, 3.8) is 0 Å². The van der Waals surface area contributed by atoms with Gasteiger partial charge in [-0.15, -0.1) is 0 Å². The van der Waals surface area contributed by atoms with Crippen molar-refractivity contribution in [2.24, 2.45) is 0 Å². The predicted molar refractivity (Wildman–Crippen MR) is 128 cm³/mol. The molecule has 8 nitrogen and oxygen atoms in total. The van der Waals surface area contributed by atoms with E-state index in [2.05, 4.69) is 0 Å². The lowest BCUT2D eigenvalue weighted by molar-refractivity contribution is -0.156. The molecule has 1 amide bonds. The zero-order valence-corrected chi connectivity index (χ0v) is 20.9. The minimum atomic E-state index is -4.07. The molecule has 0 aromatic heterocycles. The molecule has 0 spiro atoms. The van der Waals surface area contributed by atoms with Gasteiger partial charge in [-0.25, -0.2) is 13.2 Å². The molecule has 1 saturated heterocycles. The number of para-hydroxylation sites is 1. The zero-order valence-electron chi connectivity index (χ0n) is 20.1. The Morgan fingerprint density at radius 1 is 0.941 bits per heavy atom. The van der Waals surface area contributed by atoms with E-state index in [0.29, 0.717) is 5.69 Å². The highest BCUT2D eigenvalue weighted by atomic mass is 32.2. The molecule has 1 aliphatic rings. The fourth-order valence-corrected chi connectivity index (χ4v) is 6.11. The van der Waals surface area contributed by atoms with Gasteiger partial charge in [0.1, 0.15) is 10.7 Å². The summed E-state index contributed by atoms with van der Waals surface area (Å²) in [4.78, 5) is 39.4. The van der Waals surface area contributed by atoms with Gasteiger partial charge in [-0.3, -0.25) is 13.9 Å². The van der Waals surface area contributed by atoms with Crippen LogP contribution in [0.15, 0.2) is 59.5 Å². The van der Waals surface area contributed by atoms with E-state index in [0.717, 1.165) is 4.31 Å². The lowest BCUT2D eigenvalue weighted by Gasteiger charge is -2.51. The lowest BCUT2D eigenvalue weighted by atomic mass is 9.79. The maximum atomic E-state index is 13.3. The Morgan fingerprint density at radius 3 is 2.06 bits per heavy atom. The van der Waals surface area contributed by atoms with Crippen LogP contribution in [-0.2, 0) is 24.3 Å². The number of carbonyl (C=O) groups is 3. The number of hydrogen-bond acceptors (Lipinski definition) is 6. The summed E-state index contributed by atoms with van der Waals surface area (Å²) < 4.78 is 32.9. The number of sulfonamides is 1. The molecule has 0 bridgehead atoms. The van der Waals surface area contributed by atoms with E-state index < -0.39 is 39.6 Å². The molecule has 2 aromatic rings. The molecule has 0 saturated carbocycles. The van der Waals surface area contributed by atoms with Crippen molar-refractivity contribution in [3.05, 3.63) is 60.2 Å². The van der Waals surface area contributed by atoms with Gasteiger partial charge in [-0.05, 0) is 52.0 Å². The Bertz CT molecular complexity index is 1180. The number of ketones is 1. The summed E-state index contributed by atoms with van der Waals surface area (Å²) in [6, 6.07) is 14.2. The van der Waals surface area contributed by atoms with Crippen molar-refractivity contribution in [3.8, 4) is 0 Å². The number of amides is 1. The third kappa shape index (κ3) is 4.99. The molecule has 9 heteroatoms. The Hall–Kier alpha value is -3.20. The minimum Gasteiger partial charge on any atom is -0.452 e. The van der Waals surface area contributed by atoms with Gasteiger partial charge in [-0.1, -0.05) is 30.3 Å². The van der Waals surface area contributed by atoms with Crippen molar-refractivity contribution in [2.45, 2.75) is 56.5 Å². The molecule has 2 aromatic carbocycles. The number of ether oxygens (including phenoxy) is 1. The largest absolute Gasteiger partial charge is 0.452 e. The van der Waals surface area contributed by atoms with E-state index in [1.165, 1.54) is 31.3 Å². The van der Waals surface area contributed by atoms with Gasteiger partial charge in [0.2, 0.25) is 0 Å². The number of likely N-dealkylation sites (tertiary alicyclic amines) is 1. The van der Waals surface area contributed by atoms with Gasteiger partial charge in [0.15, 0.2) is 6.61 Å². The number of anilines is 1. The highest BCUT2D eigenvalue weighted by Crippen LogP contribution is 2.36. The van der Waals surface area contributed by atoms with Crippen molar-refractivity contribution >= 4 is 33.4 Å². The van der Waals surface area contributed by atoms with Crippen molar-refractivity contribution in [1.82, 2.24) is 4.90 Å². The molecule has 1 fully saturated rings. The number of Topliss-reactive ketones (excluding diaryl/α,β-unsaturated/α-hetero) is 1. The van der Waals surface area contributed by atoms with Crippen LogP contribution in [0.5, 0.6) is 0 Å². The normalized spacial score (nSPS) is 17.2. The van der Waals surface area contributed by atoms with Gasteiger partial charge in [0, 0.05) is 31.0 Å². The van der Waals surface area contributed by atoms with Crippen LogP contribution in [0.25, 0.3) is 0 Å². The van der Waals surface area contributed by atoms with Crippen molar-refractivity contribution < 1.29 is 27.5 Å². The molecule has 1 heterocycles. The van der Waals surface area contributed by atoms with Crippen LogP contribution >= 0.6 is 0 Å². The van der Waals surface area contributed by atoms with Crippen molar-refractivity contribution in [1.29, 1.82) is 0 Å². The van der Waals surface area contributed by atoms with Crippen LogP contribution < -0.4 is 4.31 Å². The first kappa shape index (κ1) is 25.4. The van der Waals surface area contributed by atoms with Crippen LogP contribution in [0.3, 0.4) is 0 Å². The van der Waals surface area contributed by atoms with Crippen molar-refractivity contribution in [2.75, 3.05) is 18.0 Å². The average Bonchev–Trinajstić information content (AvgIpc) is 2.75. The second-order valence-corrected chi connectivity index (χ2v) is 11.6. The maximum Gasteiger partial charge on any atom is 0.340 e. The number of esters is 1. The first-order valence-corrected chi connectivity index (χ1v) is 12.4. The fraction of sp³-hybridized carbons (Fsp3) is 0.400. The molecule has 0 N–H and O–H groups in total. The molecule has 182 valence electrons. The second kappa shape index (κ2) is 9.21. The maximum absolute atomic E-state index is 13.3. The van der Waals surface area contributed by atoms with Gasteiger partial charge >= 0.3 is 5.97 Å².